The van der Waals surface area contributed by atoms with Gasteiger partial charge in [0.05, 0.1) is 5.75 Å². The predicted molar refractivity (Wildman–Crippen MR) is 83.8 cm³/mol. The van der Waals surface area contributed by atoms with Crippen LogP contribution in [0, 0.1) is 6.92 Å². The number of amides is 1. The van der Waals surface area contributed by atoms with Crippen LogP contribution in [-0.2, 0) is 11.4 Å². The van der Waals surface area contributed by atoms with Gasteiger partial charge in [-0.2, -0.15) is 0 Å². The first-order valence-electron chi connectivity index (χ1n) is 7.22. The second-order valence-corrected chi connectivity index (χ2v) is 6.19. The number of hydrogen-bond donors (Lipinski definition) is 2. The van der Waals surface area contributed by atoms with Crippen molar-refractivity contribution in [2.45, 2.75) is 37.6 Å². The van der Waals surface area contributed by atoms with Crippen LogP contribution in [0.15, 0.2) is 29.4 Å². The number of thioether (sulfide) groups is 1. The topological polar surface area (TPSA) is 79.9 Å². The van der Waals surface area contributed by atoms with Crippen molar-refractivity contribution < 1.29 is 9.53 Å². The van der Waals surface area contributed by atoms with E-state index in [0.717, 1.165) is 24.2 Å². The molecule has 0 aliphatic heterocycles. The number of carbonyl (C=O) groups excluding carboxylic acids is 1. The number of aromatic amines is 1. The molecule has 0 unspecified atom stereocenters. The van der Waals surface area contributed by atoms with Gasteiger partial charge in [0.2, 0.25) is 11.1 Å². The van der Waals surface area contributed by atoms with Crippen LogP contribution in [0.3, 0.4) is 0 Å². The standard InChI is InChI=1S/C15H18N4O2S/c1-10-4-2-3-5-12(10)21-8-13-17-15(19-18-13)22-9-14(20)16-11-6-7-11/h2-5,11H,6-9H2,1H3,(H,16,20)(H,17,18,19). The van der Waals surface area contributed by atoms with Gasteiger partial charge < -0.3 is 10.1 Å². The average molecular weight is 318 g/mol. The fraction of sp³-hybridized carbons (Fsp3) is 0.400. The number of nitrogens with one attached hydrogen (secondary N) is 2. The summed E-state index contributed by atoms with van der Waals surface area (Å²) in [5, 5.41) is 10.4. The Hall–Kier alpha value is -2.02. The highest BCUT2D eigenvalue weighted by Gasteiger charge is 2.23. The number of carbonyl (C=O) groups is 1. The lowest BCUT2D eigenvalue weighted by Crippen LogP contribution is -2.27. The normalized spacial score (nSPS) is 13.9. The Morgan fingerprint density at radius 2 is 2.27 bits per heavy atom. The van der Waals surface area contributed by atoms with Gasteiger partial charge in [0.25, 0.3) is 0 Å². The fourth-order valence-electron chi connectivity index (χ4n) is 1.90. The molecule has 1 heterocycles. The molecule has 6 nitrogen and oxygen atoms in total. The molecule has 1 amide bonds. The van der Waals surface area contributed by atoms with E-state index in [-0.39, 0.29) is 5.91 Å². The highest BCUT2D eigenvalue weighted by molar-refractivity contribution is 7.99. The molecule has 2 aromatic rings. The second kappa shape index (κ2) is 6.83. The van der Waals surface area contributed by atoms with Crippen LogP contribution >= 0.6 is 11.8 Å². The Balaban J connectivity index is 1.46. The van der Waals surface area contributed by atoms with Crippen LogP contribution in [-0.4, -0.2) is 32.9 Å². The summed E-state index contributed by atoms with van der Waals surface area (Å²) in [5.41, 5.74) is 1.08. The summed E-state index contributed by atoms with van der Waals surface area (Å²) in [6, 6.07) is 8.21. The van der Waals surface area contributed by atoms with Crippen molar-refractivity contribution in [3.8, 4) is 5.75 Å². The van der Waals surface area contributed by atoms with Gasteiger partial charge in [-0.1, -0.05) is 30.0 Å². The minimum atomic E-state index is 0.0370. The van der Waals surface area contributed by atoms with E-state index < -0.39 is 0 Å². The van der Waals surface area contributed by atoms with Gasteiger partial charge >= 0.3 is 0 Å². The molecule has 0 saturated heterocycles. The van der Waals surface area contributed by atoms with E-state index in [0.29, 0.717) is 29.4 Å². The first kappa shape index (κ1) is 14.9. The summed E-state index contributed by atoms with van der Waals surface area (Å²) in [7, 11) is 0. The van der Waals surface area contributed by atoms with Crippen LogP contribution < -0.4 is 10.1 Å². The molecule has 1 aliphatic rings. The Morgan fingerprint density at radius 1 is 1.45 bits per heavy atom. The van der Waals surface area contributed by atoms with Gasteiger partial charge in [-0.15, -0.1) is 5.10 Å². The Morgan fingerprint density at radius 3 is 3.05 bits per heavy atom. The van der Waals surface area contributed by atoms with E-state index in [9.17, 15) is 4.79 Å². The Labute approximate surface area is 133 Å². The number of rotatable bonds is 7. The average Bonchev–Trinajstić information content (AvgIpc) is 3.20. The van der Waals surface area contributed by atoms with E-state index >= 15 is 0 Å². The number of benzene rings is 1. The molecule has 1 aromatic carbocycles. The maximum absolute atomic E-state index is 11.6. The highest BCUT2D eigenvalue weighted by Crippen LogP contribution is 2.20. The Bertz CT molecular complexity index is 654. The van der Waals surface area contributed by atoms with Gasteiger partial charge in [0, 0.05) is 6.04 Å². The molecule has 0 spiro atoms. The van der Waals surface area contributed by atoms with Crippen molar-refractivity contribution in [1.29, 1.82) is 0 Å². The minimum Gasteiger partial charge on any atom is -0.485 e. The first-order valence-corrected chi connectivity index (χ1v) is 8.21. The molecule has 0 atom stereocenters. The number of nitrogens with zero attached hydrogens (tertiary/aromatic N) is 2. The molecule has 1 saturated carbocycles. The van der Waals surface area contributed by atoms with Gasteiger partial charge in [0.1, 0.15) is 12.4 Å². The molecular weight excluding hydrogens is 300 g/mol. The minimum absolute atomic E-state index is 0.0370. The first-order chi connectivity index (χ1) is 10.7. The van der Waals surface area contributed by atoms with Gasteiger partial charge in [-0.25, -0.2) is 4.98 Å². The van der Waals surface area contributed by atoms with E-state index in [1.54, 1.807) is 0 Å². The monoisotopic (exact) mass is 318 g/mol. The van der Waals surface area contributed by atoms with Crippen LogP contribution in [0.4, 0.5) is 0 Å². The molecular formula is C15H18N4O2S. The van der Waals surface area contributed by atoms with Gasteiger partial charge in [-0.05, 0) is 31.4 Å². The molecule has 1 aromatic heterocycles. The third-order valence-electron chi connectivity index (χ3n) is 3.24. The van der Waals surface area contributed by atoms with Crippen LogP contribution in [0.25, 0.3) is 0 Å². The van der Waals surface area contributed by atoms with Gasteiger partial charge in [0.15, 0.2) is 5.82 Å². The Kier molecular flexibility index (Phi) is 4.62. The van der Waals surface area contributed by atoms with Crippen LogP contribution in [0.5, 0.6) is 5.75 Å². The lowest BCUT2D eigenvalue weighted by molar-refractivity contribution is -0.118. The lowest BCUT2D eigenvalue weighted by atomic mass is 10.2. The van der Waals surface area contributed by atoms with Crippen molar-refractivity contribution in [2.24, 2.45) is 0 Å². The number of aryl methyl sites for hydroxylation is 1. The van der Waals surface area contributed by atoms with E-state index in [1.165, 1.54) is 11.8 Å². The largest absolute Gasteiger partial charge is 0.485 e. The molecule has 2 N–H and O–H groups in total. The van der Waals surface area contributed by atoms with E-state index in [2.05, 4.69) is 20.5 Å². The zero-order valence-corrected chi connectivity index (χ0v) is 13.2. The smallest absolute Gasteiger partial charge is 0.230 e. The SMILES string of the molecule is Cc1ccccc1OCc1nc(SCC(=O)NC2CC2)n[nH]1. The maximum Gasteiger partial charge on any atom is 0.230 e. The van der Waals surface area contributed by atoms with Crippen LogP contribution in [0.1, 0.15) is 24.2 Å². The summed E-state index contributed by atoms with van der Waals surface area (Å²) in [6.45, 7) is 2.32. The maximum atomic E-state index is 11.6. The zero-order chi connectivity index (χ0) is 15.4. The van der Waals surface area contributed by atoms with Crippen LogP contribution in [0.2, 0.25) is 0 Å². The van der Waals surface area contributed by atoms with E-state index in [1.807, 2.05) is 31.2 Å². The molecule has 0 radical (unpaired) electrons. The lowest BCUT2D eigenvalue weighted by Gasteiger charge is -2.06. The molecule has 7 heteroatoms. The van der Waals surface area contributed by atoms with Crippen molar-refractivity contribution in [3.05, 3.63) is 35.7 Å². The molecule has 1 aliphatic carbocycles. The van der Waals surface area contributed by atoms with Gasteiger partial charge in [-0.3, -0.25) is 9.89 Å². The highest BCUT2D eigenvalue weighted by atomic mass is 32.2. The molecule has 116 valence electrons. The molecule has 22 heavy (non-hydrogen) atoms. The quantitative estimate of drug-likeness (QED) is 0.764. The number of hydrogen-bond acceptors (Lipinski definition) is 5. The number of aromatic nitrogens is 3. The summed E-state index contributed by atoms with van der Waals surface area (Å²) in [5.74, 6) is 1.85. The fourth-order valence-corrected chi connectivity index (χ4v) is 2.53. The van der Waals surface area contributed by atoms with Crippen molar-refractivity contribution in [2.75, 3.05) is 5.75 Å². The van der Waals surface area contributed by atoms with Crippen molar-refractivity contribution in [1.82, 2.24) is 20.5 Å². The third-order valence-corrected chi connectivity index (χ3v) is 4.09. The molecule has 0 bridgehead atoms. The predicted octanol–water partition coefficient (Wildman–Crippen LogP) is 2.06. The zero-order valence-electron chi connectivity index (χ0n) is 12.3. The van der Waals surface area contributed by atoms with Crippen molar-refractivity contribution in [3.63, 3.8) is 0 Å². The second-order valence-electron chi connectivity index (χ2n) is 5.25. The summed E-state index contributed by atoms with van der Waals surface area (Å²) in [6.07, 6.45) is 2.19. The van der Waals surface area contributed by atoms with Crippen molar-refractivity contribution >= 4 is 17.7 Å². The summed E-state index contributed by atoms with van der Waals surface area (Å²) in [4.78, 5) is 15.9. The third kappa shape index (κ3) is 4.24. The number of para-hydroxylation sites is 1. The number of ether oxygens (including phenoxy) is 1. The summed E-state index contributed by atoms with van der Waals surface area (Å²) < 4.78 is 5.70. The summed E-state index contributed by atoms with van der Waals surface area (Å²) >= 11 is 1.32. The van der Waals surface area contributed by atoms with E-state index in [4.69, 9.17) is 4.74 Å². The molecule has 1 fully saturated rings. The molecule has 3 rings (SSSR count). The number of H-pyrrole nitrogens is 1.